The van der Waals surface area contributed by atoms with Gasteiger partial charge in [0.15, 0.2) is 0 Å². The van der Waals surface area contributed by atoms with Gasteiger partial charge in [-0.15, -0.1) is 0 Å². The summed E-state index contributed by atoms with van der Waals surface area (Å²) in [6, 6.07) is 14.8. The van der Waals surface area contributed by atoms with Gasteiger partial charge < -0.3 is 15.0 Å². The van der Waals surface area contributed by atoms with Gasteiger partial charge in [-0.2, -0.15) is 0 Å². The molecule has 0 atom stereocenters. The van der Waals surface area contributed by atoms with Crippen LogP contribution in [0, 0.1) is 3.57 Å². The van der Waals surface area contributed by atoms with Gasteiger partial charge >= 0.3 is 5.97 Å². The fourth-order valence-corrected chi connectivity index (χ4v) is 2.88. The molecule has 0 spiro atoms. The molecule has 6 heteroatoms. The number of nitrogens with zero attached hydrogens (tertiary/aromatic N) is 1. The molecule has 2 aromatic carbocycles. The van der Waals surface area contributed by atoms with Gasteiger partial charge in [0.2, 0.25) is 5.91 Å². The highest BCUT2D eigenvalue weighted by atomic mass is 127. The normalized spacial score (nSPS) is 10.2. The van der Waals surface area contributed by atoms with Gasteiger partial charge in [0.25, 0.3) is 0 Å². The number of benzene rings is 2. The molecule has 0 aromatic heterocycles. The van der Waals surface area contributed by atoms with Crippen molar-refractivity contribution in [3.8, 4) is 0 Å². The van der Waals surface area contributed by atoms with Crippen molar-refractivity contribution in [2.75, 3.05) is 29.9 Å². The fraction of sp³-hybridized carbons (Fsp3) is 0.263. The molecule has 2 rings (SSSR count). The molecule has 0 saturated heterocycles. The summed E-state index contributed by atoms with van der Waals surface area (Å²) >= 11 is 2.19. The van der Waals surface area contributed by atoms with Crippen molar-refractivity contribution in [2.45, 2.75) is 13.8 Å². The van der Waals surface area contributed by atoms with Crippen LogP contribution in [-0.2, 0) is 9.53 Å². The quantitative estimate of drug-likeness (QED) is 0.511. The number of nitrogens with one attached hydrogen (secondary N) is 1. The SMILES string of the molecule is CCOC(=O)c1cccc(N(CC)CC(=O)Nc2ccccc2I)c1. The number of amides is 1. The van der Waals surface area contributed by atoms with Gasteiger partial charge in [-0.25, -0.2) is 4.79 Å². The van der Waals surface area contributed by atoms with Crippen LogP contribution in [0.15, 0.2) is 48.5 Å². The maximum atomic E-state index is 12.4. The Hall–Kier alpha value is -2.09. The highest BCUT2D eigenvalue weighted by Crippen LogP contribution is 2.19. The molecule has 0 radical (unpaired) electrons. The summed E-state index contributed by atoms with van der Waals surface area (Å²) in [4.78, 5) is 26.2. The van der Waals surface area contributed by atoms with Gasteiger partial charge in [-0.3, -0.25) is 4.79 Å². The van der Waals surface area contributed by atoms with E-state index < -0.39 is 0 Å². The Morgan fingerprint density at radius 3 is 2.56 bits per heavy atom. The maximum absolute atomic E-state index is 12.4. The van der Waals surface area contributed by atoms with Crippen LogP contribution in [0.1, 0.15) is 24.2 Å². The van der Waals surface area contributed by atoms with Crippen molar-refractivity contribution in [1.29, 1.82) is 0 Å². The molecule has 0 unspecified atom stereocenters. The first-order valence-corrected chi connectivity index (χ1v) is 9.19. The number of carbonyl (C=O) groups is 2. The molecule has 0 heterocycles. The van der Waals surface area contributed by atoms with Crippen molar-refractivity contribution in [2.24, 2.45) is 0 Å². The highest BCUT2D eigenvalue weighted by molar-refractivity contribution is 14.1. The summed E-state index contributed by atoms with van der Waals surface area (Å²) in [5.74, 6) is -0.462. The van der Waals surface area contributed by atoms with E-state index in [9.17, 15) is 9.59 Å². The summed E-state index contributed by atoms with van der Waals surface area (Å²) in [6.07, 6.45) is 0. The fourth-order valence-electron chi connectivity index (χ4n) is 2.36. The Balaban J connectivity index is 2.09. The third kappa shape index (κ3) is 5.45. The molecule has 0 bridgehead atoms. The number of ether oxygens (including phenoxy) is 1. The highest BCUT2D eigenvalue weighted by Gasteiger charge is 2.14. The molecule has 5 nitrogen and oxygen atoms in total. The summed E-state index contributed by atoms with van der Waals surface area (Å²) in [7, 11) is 0. The van der Waals surface area contributed by atoms with Crippen molar-refractivity contribution in [3.05, 3.63) is 57.7 Å². The second-order valence-corrected chi connectivity index (χ2v) is 6.48. The zero-order valence-corrected chi connectivity index (χ0v) is 16.4. The number of para-hydroxylation sites is 1. The van der Waals surface area contributed by atoms with E-state index in [0.717, 1.165) is 14.9 Å². The lowest BCUT2D eigenvalue weighted by Crippen LogP contribution is -2.33. The topological polar surface area (TPSA) is 58.6 Å². The van der Waals surface area contributed by atoms with E-state index in [4.69, 9.17) is 4.74 Å². The second kappa shape index (κ2) is 9.41. The molecule has 1 amide bonds. The smallest absolute Gasteiger partial charge is 0.338 e. The van der Waals surface area contributed by atoms with E-state index in [1.54, 1.807) is 25.1 Å². The number of carbonyl (C=O) groups excluding carboxylic acids is 2. The first kappa shape index (κ1) is 19.2. The molecule has 0 aliphatic rings. The molecule has 0 aliphatic carbocycles. The van der Waals surface area contributed by atoms with Gasteiger partial charge in [-0.05, 0) is 66.8 Å². The number of hydrogen-bond acceptors (Lipinski definition) is 4. The molecule has 132 valence electrons. The molecule has 2 aromatic rings. The molecule has 0 aliphatic heterocycles. The summed E-state index contributed by atoms with van der Waals surface area (Å²) < 4.78 is 6.02. The minimum atomic E-state index is -0.358. The number of rotatable bonds is 7. The van der Waals surface area contributed by atoms with Crippen molar-refractivity contribution >= 4 is 45.8 Å². The molecule has 1 N–H and O–H groups in total. The Morgan fingerprint density at radius 2 is 1.88 bits per heavy atom. The number of anilines is 2. The zero-order valence-electron chi connectivity index (χ0n) is 14.3. The average Bonchev–Trinajstić information content (AvgIpc) is 2.62. The second-order valence-electron chi connectivity index (χ2n) is 5.31. The first-order valence-electron chi connectivity index (χ1n) is 8.11. The van der Waals surface area contributed by atoms with Gasteiger partial charge in [0.05, 0.1) is 24.4 Å². The third-order valence-electron chi connectivity index (χ3n) is 3.59. The van der Waals surface area contributed by atoms with Crippen LogP contribution < -0.4 is 10.2 Å². The average molecular weight is 452 g/mol. The van der Waals surface area contributed by atoms with E-state index in [0.29, 0.717) is 18.7 Å². The number of likely N-dealkylation sites (N-methyl/N-ethyl adjacent to an activating group) is 1. The van der Waals surface area contributed by atoms with Crippen LogP contribution in [0.5, 0.6) is 0 Å². The van der Waals surface area contributed by atoms with Crippen LogP contribution in [0.4, 0.5) is 11.4 Å². The van der Waals surface area contributed by atoms with E-state index in [2.05, 4.69) is 27.9 Å². The molecular weight excluding hydrogens is 431 g/mol. The van der Waals surface area contributed by atoms with Crippen molar-refractivity contribution in [3.63, 3.8) is 0 Å². The molecule has 0 saturated carbocycles. The van der Waals surface area contributed by atoms with Crippen LogP contribution in [0.2, 0.25) is 0 Å². The standard InChI is InChI=1S/C19H21IN2O3/c1-3-22(13-18(23)21-17-11-6-5-10-16(17)20)15-9-7-8-14(12-15)19(24)25-4-2/h5-12H,3-4,13H2,1-2H3,(H,21,23). The number of esters is 1. The molecule has 0 fully saturated rings. The van der Waals surface area contributed by atoms with E-state index >= 15 is 0 Å². The zero-order chi connectivity index (χ0) is 18.2. The lowest BCUT2D eigenvalue weighted by Gasteiger charge is -2.23. The summed E-state index contributed by atoms with van der Waals surface area (Å²) in [5.41, 5.74) is 2.09. The van der Waals surface area contributed by atoms with Crippen LogP contribution in [0.25, 0.3) is 0 Å². The van der Waals surface area contributed by atoms with Crippen LogP contribution >= 0.6 is 22.6 Å². The number of halogens is 1. The van der Waals surface area contributed by atoms with Gasteiger partial charge in [-0.1, -0.05) is 18.2 Å². The predicted octanol–water partition coefficient (Wildman–Crippen LogP) is 3.93. The summed E-state index contributed by atoms with van der Waals surface area (Å²) in [6.45, 7) is 4.92. The Bertz CT molecular complexity index is 749. The van der Waals surface area contributed by atoms with E-state index in [1.807, 2.05) is 42.2 Å². The first-order chi connectivity index (χ1) is 12.0. The maximum Gasteiger partial charge on any atom is 0.338 e. The monoisotopic (exact) mass is 452 g/mol. The Morgan fingerprint density at radius 1 is 1.12 bits per heavy atom. The van der Waals surface area contributed by atoms with E-state index in [-0.39, 0.29) is 18.4 Å². The Kier molecular flexibility index (Phi) is 7.24. The third-order valence-corrected chi connectivity index (χ3v) is 4.53. The van der Waals surface area contributed by atoms with Crippen LogP contribution in [-0.4, -0.2) is 31.6 Å². The van der Waals surface area contributed by atoms with Crippen molar-refractivity contribution < 1.29 is 14.3 Å². The van der Waals surface area contributed by atoms with E-state index in [1.165, 1.54) is 0 Å². The lowest BCUT2D eigenvalue weighted by atomic mass is 10.2. The predicted molar refractivity (Wildman–Crippen MR) is 108 cm³/mol. The van der Waals surface area contributed by atoms with Gasteiger partial charge in [0.1, 0.15) is 0 Å². The Labute approximate surface area is 161 Å². The largest absolute Gasteiger partial charge is 0.462 e. The lowest BCUT2D eigenvalue weighted by molar-refractivity contribution is -0.115. The minimum Gasteiger partial charge on any atom is -0.462 e. The van der Waals surface area contributed by atoms with Crippen LogP contribution in [0.3, 0.4) is 0 Å². The minimum absolute atomic E-state index is 0.104. The summed E-state index contributed by atoms with van der Waals surface area (Å²) in [5, 5.41) is 2.92. The molecule has 25 heavy (non-hydrogen) atoms. The molecular formula is C19H21IN2O3. The van der Waals surface area contributed by atoms with Crippen molar-refractivity contribution in [1.82, 2.24) is 0 Å². The van der Waals surface area contributed by atoms with Gasteiger partial charge in [0, 0.05) is 15.8 Å². The number of hydrogen-bond donors (Lipinski definition) is 1.